The van der Waals surface area contributed by atoms with Crippen molar-refractivity contribution in [2.45, 2.75) is 6.92 Å². The van der Waals surface area contributed by atoms with Crippen molar-refractivity contribution in [3.8, 4) is 45.8 Å². The van der Waals surface area contributed by atoms with E-state index in [9.17, 15) is 0 Å². The number of hydrogen-bond acceptors (Lipinski definition) is 7. The first-order valence-corrected chi connectivity index (χ1v) is 15.2. The third kappa shape index (κ3) is 5.30. The molecule has 0 bridgehead atoms. The first kappa shape index (κ1) is 30.2. The number of aryl methyl sites for hydroxylation is 1. The molecule has 4 aromatic carbocycles. The molecule has 0 fully saturated rings. The summed E-state index contributed by atoms with van der Waals surface area (Å²) in [5.74, 6) is 3.21. The molecule has 9 rings (SSSR count). The molecule has 0 radical (unpaired) electrons. The van der Waals surface area contributed by atoms with Crippen LogP contribution in [-0.2, 0) is 21.1 Å². The van der Waals surface area contributed by atoms with Crippen LogP contribution in [0.1, 0.15) is 5.56 Å². The molecule has 0 saturated heterocycles. The Morgan fingerprint density at radius 2 is 1.41 bits per heavy atom. The van der Waals surface area contributed by atoms with E-state index in [4.69, 9.17) is 9.84 Å². The van der Waals surface area contributed by atoms with Crippen LogP contribution in [0.15, 0.2) is 129 Å². The Balaban J connectivity index is 0.00000348. The van der Waals surface area contributed by atoms with Gasteiger partial charge in [-0.25, -0.2) is 9.67 Å². The van der Waals surface area contributed by atoms with Crippen LogP contribution in [0.25, 0.3) is 56.1 Å². The van der Waals surface area contributed by atoms with Crippen molar-refractivity contribution in [3.63, 3.8) is 0 Å². The molecule has 0 amide bonds. The molecule has 9 aromatic rings. The van der Waals surface area contributed by atoms with Gasteiger partial charge in [0.1, 0.15) is 31.1 Å². The van der Waals surface area contributed by atoms with E-state index in [0.717, 1.165) is 44.3 Å². The second-order valence-corrected chi connectivity index (χ2v) is 11.2. The van der Waals surface area contributed by atoms with Crippen LogP contribution in [0.3, 0.4) is 0 Å². The Bertz CT molecular complexity index is 2560. The Labute approximate surface area is 294 Å². The molecule has 0 aliphatic carbocycles. The first-order chi connectivity index (χ1) is 23.7. The number of aromatic nitrogens is 10. The molecule has 49 heavy (non-hydrogen) atoms. The van der Waals surface area contributed by atoms with Crippen molar-refractivity contribution in [2.75, 3.05) is 0 Å². The summed E-state index contributed by atoms with van der Waals surface area (Å²) in [4.78, 5) is 4.69. The average Bonchev–Trinajstić information content (AvgIpc) is 3.94. The van der Waals surface area contributed by atoms with Crippen LogP contribution < -0.4 is 4.74 Å². The van der Waals surface area contributed by atoms with Crippen molar-refractivity contribution in [1.82, 2.24) is 48.9 Å². The molecule has 5 aromatic heterocycles. The van der Waals surface area contributed by atoms with Gasteiger partial charge in [-0.3, -0.25) is 9.13 Å². The van der Waals surface area contributed by atoms with E-state index in [1.165, 1.54) is 0 Å². The SMILES string of the molecule is Cc1ccnc(-n2c3[c-]c(Oc4[c-]c(-n5nc(-n6cnnc6)c(-c6ccccc6)c5-n5cnnc5)ccc4)ccc3c3ccccc32)c1.[Pt+2]. The number of ether oxygens (including phenoxy) is 1. The van der Waals surface area contributed by atoms with E-state index in [2.05, 4.69) is 73.3 Å². The molecular weight excluding hydrogens is 796 g/mol. The second-order valence-electron chi connectivity index (χ2n) is 11.2. The van der Waals surface area contributed by atoms with Gasteiger partial charge in [-0.15, -0.1) is 61.2 Å². The summed E-state index contributed by atoms with van der Waals surface area (Å²) in [6.45, 7) is 2.06. The van der Waals surface area contributed by atoms with E-state index in [-0.39, 0.29) is 21.1 Å². The molecule has 238 valence electrons. The minimum absolute atomic E-state index is 0. The molecule has 12 heteroatoms. The molecule has 11 nitrogen and oxygen atoms in total. The summed E-state index contributed by atoms with van der Waals surface area (Å²) in [5.41, 5.74) is 5.47. The molecule has 5 heterocycles. The maximum Gasteiger partial charge on any atom is 2.00 e. The van der Waals surface area contributed by atoms with Crippen molar-refractivity contribution in [1.29, 1.82) is 0 Å². The normalized spacial score (nSPS) is 11.2. The summed E-state index contributed by atoms with van der Waals surface area (Å²) in [6, 6.07) is 39.0. The molecule has 0 spiro atoms. The number of fused-ring (bicyclic) bond motifs is 3. The predicted molar refractivity (Wildman–Crippen MR) is 180 cm³/mol. The van der Waals surface area contributed by atoms with Crippen molar-refractivity contribution in [2.24, 2.45) is 0 Å². The van der Waals surface area contributed by atoms with Gasteiger partial charge in [0.15, 0.2) is 11.6 Å². The average molecular weight is 820 g/mol. The Kier molecular flexibility index (Phi) is 7.66. The van der Waals surface area contributed by atoms with E-state index < -0.39 is 0 Å². The quantitative estimate of drug-likeness (QED) is 0.161. The molecule has 0 aliphatic rings. The predicted octanol–water partition coefficient (Wildman–Crippen LogP) is 6.89. The second kappa shape index (κ2) is 12.4. The molecule has 0 aliphatic heterocycles. The van der Waals surface area contributed by atoms with Crippen LogP contribution in [0.2, 0.25) is 0 Å². The van der Waals surface area contributed by atoms with Crippen LogP contribution in [0.5, 0.6) is 11.5 Å². The van der Waals surface area contributed by atoms with E-state index in [1.54, 1.807) is 34.6 Å². The van der Waals surface area contributed by atoms with Gasteiger partial charge < -0.3 is 9.30 Å². The third-order valence-corrected chi connectivity index (χ3v) is 8.12. The molecule has 0 atom stereocenters. The number of benzene rings is 4. The minimum atomic E-state index is 0. The number of nitrogens with zero attached hydrogens (tertiary/aromatic N) is 10. The molecule has 0 saturated carbocycles. The molecule has 0 N–H and O–H groups in total. The summed E-state index contributed by atoms with van der Waals surface area (Å²) in [6.07, 6.45) is 8.35. The minimum Gasteiger partial charge on any atom is -0.509 e. The standard InChI is InChI=1S/C37H24N10O.Pt/c1-25-16-17-38-34(18-25)46-32-13-6-5-12-30(32)31-15-14-29(20-33(31)46)48-28-11-7-10-27(19-28)47-37(45-23-41-42-24-45)35(26-8-3-2-4-9-26)36(43-47)44-21-39-40-22-44;/h2-18,21-24H,1H3;/q-2;+2. The summed E-state index contributed by atoms with van der Waals surface area (Å²) in [5, 5.41) is 23.4. The topological polar surface area (TPSA) is 106 Å². The Morgan fingerprint density at radius 3 is 2.20 bits per heavy atom. The summed E-state index contributed by atoms with van der Waals surface area (Å²) < 4.78 is 14.0. The monoisotopic (exact) mass is 819 g/mol. The zero-order valence-corrected chi connectivity index (χ0v) is 28.1. The smallest absolute Gasteiger partial charge is 0.509 e. The van der Waals surface area contributed by atoms with E-state index in [0.29, 0.717) is 28.8 Å². The van der Waals surface area contributed by atoms with Crippen molar-refractivity contribution in [3.05, 3.63) is 146 Å². The van der Waals surface area contributed by atoms with Gasteiger partial charge in [0.25, 0.3) is 0 Å². The van der Waals surface area contributed by atoms with Crippen LogP contribution in [-0.4, -0.2) is 48.9 Å². The van der Waals surface area contributed by atoms with E-state index >= 15 is 0 Å². The van der Waals surface area contributed by atoms with Gasteiger partial charge in [0, 0.05) is 23.2 Å². The Morgan fingerprint density at radius 1 is 0.673 bits per heavy atom. The largest absolute Gasteiger partial charge is 2.00 e. The van der Waals surface area contributed by atoms with Crippen LogP contribution in [0, 0.1) is 19.1 Å². The fourth-order valence-corrected chi connectivity index (χ4v) is 6.02. The third-order valence-electron chi connectivity index (χ3n) is 8.12. The maximum absolute atomic E-state index is 6.44. The zero-order valence-electron chi connectivity index (χ0n) is 25.8. The van der Waals surface area contributed by atoms with E-state index in [1.807, 2.05) is 83.6 Å². The number of rotatable bonds is 7. The number of pyridine rings is 1. The van der Waals surface area contributed by atoms with Crippen molar-refractivity contribution < 1.29 is 25.8 Å². The summed E-state index contributed by atoms with van der Waals surface area (Å²) in [7, 11) is 0. The number of para-hydroxylation sites is 1. The molecular formula is C37H24N10OPt. The zero-order chi connectivity index (χ0) is 32.0. The summed E-state index contributed by atoms with van der Waals surface area (Å²) >= 11 is 0. The fourth-order valence-electron chi connectivity index (χ4n) is 6.02. The van der Waals surface area contributed by atoms with Gasteiger partial charge in [-0.1, -0.05) is 54.0 Å². The van der Waals surface area contributed by atoms with Crippen LogP contribution >= 0.6 is 0 Å². The fraction of sp³-hybridized carbons (Fsp3) is 0.0270. The van der Waals surface area contributed by atoms with Gasteiger partial charge in [-0.05, 0) is 47.3 Å². The van der Waals surface area contributed by atoms with Gasteiger partial charge in [0.05, 0.1) is 5.56 Å². The maximum atomic E-state index is 6.44. The first-order valence-electron chi connectivity index (χ1n) is 15.2. The van der Waals surface area contributed by atoms with Crippen LogP contribution in [0.4, 0.5) is 0 Å². The van der Waals surface area contributed by atoms with Gasteiger partial charge >= 0.3 is 21.1 Å². The van der Waals surface area contributed by atoms with Gasteiger partial charge in [-0.2, -0.15) is 12.1 Å². The van der Waals surface area contributed by atoms with Gasteiger partial charge in [0.2, 0.25) is 0 Å². The Hall–Kier alpha value is -6.19. The number of hydrogen-bond donors (Lipinski definition) is 0. The molecule has 0 unspecified atom stereocenters. The van der Waals surface area contributed by atoms with Crippen molar-refractivity contribution >= 4 is 21.8 Å².